The molecular formula is C28H32Cl2SiZr-2. The van der Waals surface area contributed by atoms with Crippen molar-refractivity contribution < 1.29 is 48.1 Å². The molecule has 4 aliphatic rings. The third-order valence-electron chi connectivity index (χ3n) is 6.27. The maximum absolute atomic E-state index is 2.43. The summed E-state index contributed by atoms with van der Waals surface area (Å²) < 4.78 is 0. The molecule has 2 aromatic rings. The van der Waals surface area contributed by atoms with Gasteiger partial charge in [0.25, 0.3) is 0 Å². The summed E-state index contributed by atoms with van der Waals surface area (Å²) in [6, 6.07) is 17.7. The van der Waals surface area contributed by atoms with Crippen LogP contribution in [0.1, 0.15) is 60.8 Å². The fourth-order valence-corrected chi connectivity index (χ4v) is 5.00. The first-order valence-corrected chi connectivity index (χ1v) is 17.6. The van der Waals surface area contributed by atoms with E-state index in [4.69, 9.17) is 0 Å². The number of benzene rings is 2. The summed E-state index contributed by atoms with van der Waals surface area (Å²) in [5, 5.41) is 0. The maximum atomic E-state index is 2.43. The molecule has 0 bridgehead atoms. The minimum Gasteiger partial charge on any atom is -1.00 e. The van der Waals surface area contributed by atoms with E-state index in [0.717, 1.165) is 0 Å². The van der Waals surface area contributed by atoms with Gasteiger partial charge >= 0.3 is 41.9 Å². The van der Waals surface area contributed by atoms with Gasteiger partial charge in [0.15, 0.2) is 0 Å². The fourth-order valence-electron chi connectivity index (χ4n) is 5.00. The SMILES string of the molecule is C[Si](C)=[Zr+2].[Cl-].[Cl-].c1ccc2c(c1)CC1=C2CCC[CH-]1.c1ccc2c(c1)CC1=C2CCC[CH-]1. The second-order valence-electron chi connectivity index (χ2n) is 8.87. The van der Waals surface area contributed by atoms with Crippen LogP contribution in [0.25, 0.3) is 11.1 Å². The molecule has 0 radical (unpaired) electrons. The van der Waals surface area contributed by atoms with Crippen LogP contribution in [0.15, 0.2) is 59.7 Å². The number of hydrogen-bond acceptors (Lipinski definition) is 0. The monoisotopic (exact) mass is 556 g/mol. The zero-order valence-electron chi connectivity index (χ0n) is 19.2. The van der Waals surface area contributed by atoms with Gasteiger partial charge in [-0.15, -0.1) is 24.0 Å². The zero-order chi connectivity index (χ0) is 20.9. The van der Waals surface area contributed by atoms with E-state index in [9.17, 15) is 0 Å². The number of allylic oxidation sites excluding steroid dienone is 4. The van der Waals surface area contributed by atoms with E-state index < -0.39 is 0 Å². The van der Waals surface area contributed by atoms with Crippen molar-refractivity contribution in [2.24, 2.45) is 0 Å². The summed E-state index contributed by atoms with van der Waals surface area (Å²) in [6.45, 7) is 4.62. The van der Waals surface area contributed by atoms with Crippen molar-refractivity contribution in [1.29, 1.82) is 0 Å². The van der Waals surface area contributed by atoms with Crippen LogP contribution in [0.4, 0.5) is 0 Å². The molecule has 0 unspecified atom stereocenters. The van der Waals surface area contributed by atoms with Crippen molar-refractivity contribution in [2.75, 3.05) is 0 Å². The Hall–Kier alpha value is -0.660. The van der Waals surface area contributed by atoms with Crippen LogP contribution in [-0.4, -0.2) is 5.43 Å². The summed E-state index contributed by atoms with van der Waals surface area (Å²) in [6.07, 6.45) is 15.1. The molecular weight excluding hydrogens is 527 g/mol. The van der Waals surface area contributed by atoms with Crippen molar-refractivity contribution in [1.82, 2.24) is 0 Å². The number of fused-ring (bicyclic) bond motifs is 4. The second-order valence-corrected chi connectivity index (χ2v) is 18.2. The van der Waals surface area contributed by atoms with Crippen molar-refractivity contribution >= 4 is 16.6 Å². The Labute approximate surface area is 222 Å². The van der Waals surface area contributed by atoms with Crippen LogP contribution in [0, 0.1) is 12.8 Å². The van der Waals surface area contributed by atoms with Gasteiger partial charge in [0.2, 0.25) is 0 Å². The van der Waals surface area contributed by atoms with Crippen LogP contribution < -0.4 is 24.8 Å². The van der Waals surface area contributed by atoms with Crippen molar-refractivity contribution in [2.45, 2.75) is 64.5 Å². The number of halogens is 2. The summed E-state index contributed by atoms with van der Waals surface area (Å²) in [5.41, 5.74) is 12.8. The van der Waals surface area contributed by atoms with E-state index in [2.05, 4.69) is 74.5 Å². The smallest absolute Gasteiger partial charge is 0.0361 e. The van der Waals surface area contributed by atoms with Crippen LogP contribution in [0.3, 0.4) is 0 Å². The molecule has 0 atom stereocenters. The Balaban J connectivity index is 0.000000185. The van der Waals surface area contributed by atoms with Gasteiger partial charge < -0.3 is 24.8 Å². The average molecular weight is 559 g/mol. The minimum atomic E-state index is 0. The molecule has 0 saturated heterocycles. The third-order valence-corrected chi connectivity index (χ3v) is 6.27. The second kappa shape index (κ2) is 13.3. The number of rotatable bonds is 0. The quantitative estimate of drug-likeness (QED) is 0.340. The molecule has 0 amide bonds. The van der Waals surface area contributed by atoms with Gasteiger partial charge in [-0.05, 0) is 12.8 Å². The maximum Gasteiger partial charge on any atom is -0.0361 e. The minimum absolute atomic E-state index is 0. The first-order chi connectivity index (χ1) is 14.6. The van der Waals surface area contributed by atoms with E-state index in [1.807, 2.05) is 0 Å². The first-order valence-electron chi connectivity index (χ1n) is 11.4. The van der Waals surface area contributed by atoms with Crippen LogP contribution in [0.5, 0.6) is 0 Å². The van der Waals surface area contributed by atoms with E-state index in [-0.39, 0.29) is 30.2 Å². The molecule has 0 fully saturated rings. The van der Waals surface area contributed by atoms with Gasteiger partial charge in [-0.2, -0.15) is 11.1 Å². The van der Waals surface area contributed by atoms with Crippen LogP contribution in [-0.2, 0) is 36.2 Å². The van der Waals surface area contributed by atoms with E-state index >= 15 is 0 Å². The van der Waals surface area contributed by atoms with E-state index in [0.29, 0.717) is 0 Å². The Bertz CT molecular complexity index is 926. The Morgan fingerprint density at radius 1 is 0.688 bits per heavy atom. The van der Waals surface area contributed by atoms with E-state index in [1.165, 1.54) is 73.6 Å². The first kappa shape index (κ1) is 27.6. The summed E-state index contributed by atoms with van der Waals surface area (Å²) in [4.78, 5) is 0. The molecule has 0 nitrogen and oxygen atoms in total. The van der Waals surface area contributed by atoms with Gasteiger partial charge in [0.1, 0.15) is 0 Å². The van der Waals surface area contributed by atoms with Gasteiger partial charge in [0.05, 0.1) is 0 Å². The predicted molar refractivity (Wildman–Crippen MR) is 128 cm³/mol. The molecule has 0 saturated carbocycles. The standard InChI is InChI=1S/2C13H13.C2H6Si.2ClH.Zr/c2*1-3-7-12-10(5-1)9-11-6-2-4-8-13(11)12;1-3-2;;;/h2*1,3,5-7H,2,4,8-9H2;1-2H3;2*1H;/q2*-1;;;;+2/p-2. The summed E-state index contributed by atoms with van der Waals surface area (Å²) in [7, 11) is 0. The Morgan fingerprint density at radius 3 is 1.47 bits per heavy atom. The molecule has 2 aromatic carbocycles. The summed E-state index contributed by atoms with van der Waals surface area (Å²) in [5.74, 6) is 0. The van der Waals surface area contributed by atoms with E-state index in [1.54, 1.807) is 45.6 Å². The molecule has 4 aliphatic carbocycles. The molecule has 168 valence electrons. The topological polar surface area (TPSA) is 0 Å². The molecule has 0 heterocycles. The third kappa shape index (κ3) is 6.69. The number of hydrogen-bond donors (Lipinski definition) is 0. The Morgan fingerprint density at radius 2 is 1.06 bits per heavy atom. The van der Waals surface area contributed by atoms with Gasteiger partial charge in [-0.1, -0.05) is 85.3 Å². The van der Waals surface area contributed by atoms with Gasteiger partial charge in [-0.25, -0.2) is 24.0 Å². The zero-order valence-corrected chi connectivity index (χ0v) is 24.2. The van der Waals surface area contributed by atoms with Crippen LogP contribution in [0.2, 0.25) is 13.1 Å². The molecule has 0 aromatic heterocycles. The van der Waals surface area contributed by atoms with Gasteiger partial charge in [-0.3, -0.25) is 0 Å². The van der Waals surface area contributed by atoms with Crippen LogP contribution >= 0.6 is 0 Å². The largest absolute Gasteiger partial charge is 1.00 e. The van der Waals surface area contributed by atoms with Crippen molar-refractivity contribution in [3.05, 3.63) is 94.8 Å². The molecule has 0 aliphatic heterocycles. The molecule has 0 spiro atoms. The molecule has 4 heteroatoms. The summed E-state index contributed by atoms with van der Waals surface area (Å²) >= 11 is 1.74. The fraction of sp³-hybridized carbons (Fsp3) is 0.357. The molecule has 0 N–H and O–H groups in total. The molecule has 32 heavy (non-hydrogen) atoms. The van der Waals surface area contributed by atoms with Gasteiger partial charge in [0, 0.05) is 0 Å². The Kier molecular flexibility index (Phi) is 11.5. The predicted octanol–water partition coefficient (Wildman–Crippen LogP) is 1.56. The molecule has 6 rings (SSSR count). The average Bonchev–Trinajstić information content (AvgIpc) is 3.32. The normalized spacial score (nSPS) is 16.6. The van der Waals surface area contributed by atoms with Crippen molar-refractivity contribution in [3.63, 3.8) is 0 Å². The van der Waals surface area contributed by atoms with Crippen molar-refractivity contribution in [3.8, 4) is 0 Å².